The van der Waals surface area contributed by atoms with E-state index in [1.54, 1.807) is 0 Å². The smallest absolute Gasteiger partial charge is 0.324 e. The molecule has 0 unspecified atom stereocenters. The lowest BCUT2D eigenvalue weighted by Crippen LogP contribution is -2.59. The molecule has 2 aliphatic carbocycles. The van der Waals surface area contributed by atoms with E-state index in [0.717, 1.165) is 12.8 Å². The van der Waals surface area contributed by atoms with Crippen molar-refractivity contribution in [2.24, 2.45) is 22.5 Å². The van der Waals surface area contributed by atoms with Crippen LogP contribution in [0.2, 0.25) is 0 Å². The number of rotatable bonds is 1. The van der Waals surface area contributed by atoms with Gasteiger partial charge in [-0.1, -0.05) is 20.8 Å². The normalized spacial score (nSPS) is 49.6. The second-order valence-corrected chi connectivity index (χ2v) is 5.77. The second kappa shape index (κ2) is 2.32. The Hall–Kier alpha value is -0.570. The van der Waals surface area contributed by atoms with Crippen LogP contribution in [0, 0.1) is 16.7 Å². The van der Waals surface area contributed by atoms with Crippen LogP contribution in [0.3, 0.4) is 0 Å². The van der Waals surface area contributed by atoms with Gasteiger partial charge in [0, 0.05) is 5.41 Å². The molecule has 0 saturated heterocycles. The Morgan fingerprint density at radius 3 is 2.21 bits per heavy atom. The zero-order valence-electron chi connectivity index (χ0n) is 9.13. The van der Waals surface area contributed by atoms with Crippen molar-refractivity contribution in [3.05, 3.63) is 0 Å². The molecule has 0 aromatic rings. The van der Waals surface area contributed by atoms with Crippen LogP contribution in [0.25, 0.3) is 0 Å². The summed E-state index contributed by atoms with van der Waals surface area (Å²) in [5.41, 5.74) is 4.93. The lowest BCUT2D eigenvalue weighted by Gasteiger charge is -2.43. The Balaban J connectivity index is 2.50. The van der Waals surface area contributed by atoms with Gasteiger partial charge in [-0.05, 0) is 30.6 Å². The van der Waals surface area contributed by atoms with Gasteiger partial charge in [0.05, 0.1) is 0 Å². The zero-order valence-corrected chi connectivity index (χ0v) is 9.13. The molecule has 0 aliphatic heterocycles. The standard InChI is InChI=1S/C11H19NO2/c1-9(2)7-4-5-10(9,3)11(12,6-7)8(13)14/h7H,4-6,12H2,1-3H3,(H,13,14)/t7-,10+,11-/m1/s1. The molecule has 3 nitrogen and oxygen atoms in total. The number of carboxylic acid groups (broad SMARTS) is 1. The molecule has 3 heteroatoms. The number of nitrogens with two attached hydrogens (primary N) is 1. The predicted molar refractivity (Wildman–Crippen MR) is 53.8 cm³/mol. The molecular formula is C11H19NO2. The maximum Gasteiger partial charge on any atom is 0.324 e. The van der Waals surface area contributed by atoms with E-state index in [1.807, 2.05) is 6.92 Å². The molecule has 0 amide bonds. The monoisotopic (exact) mass is 197 g/mol. The van der Waals surface area contributed by atoms with E-state index in [1.165, 1.54) is 0 Å². The average molecular weight is 197 g/mol. The molecule has 3 atom stereocenters. The second-order valence-electron chi connectivity index (χ2n) is 5.77. The molecule has 2 saturated carbocycles. The Morgan fingerprint density at radius 2 is 2.00 bits per heavy atom. The van der Waals surface area contributed by atoms with Gasteiger partial charge in [0.1, 0.15) is 5.54 Å². The van der Waals surface area contributed by atoms with Crippen molar-refractivity contribution in [2.45, 2.75) is 45.6 Å². The van der Waals surface area contributed by atoms with Gasteiger partial charge in [0.25, 0.3) is 0 Å². The van der Waals surface area contributed by atoms with Crippen molar-refractivity contribution in [1.82, 2.24) is 0 Å². The highest BCUT2D eigenvalue weighted by atomic mass is 16.4. The minimum Gasteiger partial charge on any atom is -0.480 e. The highest BCUT2D eigenvalue weighted by molar-refractivity contribution is 5.81. The number of hydrogen-bond acceptors (Lipinski definition) is 2. The highest BCUT2D eigenvalue weighted by Gasteiger charge is 2.70. The number of carbonyl (C=O) groups is 1. The van der Waals surface area contributed by atoms with E-state index in [2.05, 4.69) is 13.8 Å². The van der Waals surface area contributed by atoms with Gasteiger partial charge in [-0.15, -0.1) is 0 Å². The summed E-state index contributed by atoms with van der Waals surface area (Å²) in [5, 5.41) is 9.27. The van der Waals surface area contributed by atoms with Crippen LogP contribution in [-0.2, 0) is 4.79 Å². The van der Waals surface area contributed by atoms with Crippen LogP contribution in [0.1, 0.15) is 40.0 Å². The third kappa shape index (κ3) is 0.761. The number of carboxylic acids is 1. The molecule has 80 valence electrons. The predicted octanol–water partition coefficient (Wildman–Crippen LogP) is 1.61. The molecule has 2 fully saturated rings. The lowest BCUT2D eigenvalue weighted by atomic mass is 9.63. The summed E-state index contributed by atoms with van der Waals surface area (Å²) in [6.45, 7) is 6.39. The molecule has 3 N–H and O–H groups in total. The van der Waals surface area contributed by atoms with Crippen molar-refractivity contribution < 1.29 is 9.90 Å². The van der Waals surface area contributed by atoms with Gasteiger partial charge in [-0.2, -0.15) is 0 Å². The molecule has 0 radical (unpaired) electrons. The van der Waals surface area contributed by atoms with Gasteiger partial charge in [0.15, 0.2) is 0 Å². The Labute approximate surface area is 84.7 Å². The zero-order chi connectivity index (χ0) is 10.8. The summed E-state index contributed by atoms with van der Waals surface area (Å²) in [7, 11) is 0. The Morgan fingerprint density at radius 1 is 1.43 bits per heavy atom. The van der Waals surface area contributed by atoms with Crippen LogP contribution in [0.5, 0.6) is 0 Å². The van der Waals surface area contributed by atoms with Gasteiger partial charge >= 0.3 is 5.97 Å². The van der Waals surface area contributed by atoms with E-state index >= 15 is 0 Å². The van der Waals surface area contributed by atoms with Crippen LogP contribution in [-0.4, -0.2) is 16.6 Å². The first-order valence-electron chi connectivity index (χ1n) is 5.28. The lowest BCUT2D eigenvalue weighted by molar-refractivity contribution is -0.149. The number of aliphatic carboxylic acids is 1. The molecule has 0 aromatic heterocycles. The van der Waals surface area contributed by atoms with Gasteiger partial charge in [-0.3, -0.25) is 4.79 Å². The van der Waals surface area contributed by atoms with Gasteiger partial charge in [-0.25, -0.2) is 0 Å². The van der Waals surface area contributed by atoms with Crippen molar-refractivity contribution in [3.63, 3.8) is 0 Å². The van der Waals surface area contributed by atoms with E-state index in [4.69, 9.17) is 5.73 Å². The fourth-order valence-electron chi connectivity index (χ4n) is 3.69. The van der Waals surface area contributed by atoms with E-state index in [0.29, 0.717) is 12.3 Å². The maximum atomic E-state index is 11.3. The summed E-state index contributed by atoms with van der Waals surface area (Å²) >= 11 is 0. The fraction of sp³-hybridized carbons (Fsp3) is 0.909. The number of fused-ring (bicyclic) bond motifs is 2. The maximum absolute atomic E-state index is 11.3. The molecule has 2 aliphatic rings. The molecule has 2 rings (SSSR count). The minimum atomic E-state index is -1.00. The van der Waals surface area contributed by atoms with Crippen molar-refractivity contribution >= 4 is 5.97 Å². The molecular weight excluding hydrogens is 178 g/mol. The number of hydrogen-bond donors (Lipinski definition) is 2. The fourth-order valence-corrected chi connectivity index (χ4v) is 3.69. The summed E-state index contributed by atoms with van der Waals surface area (Å²) in [6.07, 6.45) is 2.73. The van der Waals surface area contributed by atoms with E-state index in [-0.39, 0.29) is 10.8 Å². The van der Waals surface area contributed by atoms with Gasteiger partial charge in [0.2, 0.25) is 0 Å². The Bertz CT molecular complexity index is 300. The Kier molecular flexibility index (Phi) is 1.65. The first-order chi connectivity index (χ1) is 6.26. The largest absolute Gasteiger partial charge is 0.480 e. The first kappa shape index (κ1) is 9.97. The van der Waals surface area contributed by atoms with Crippen LogP contribution in [0.15, 0.2) is 0 Å². The molecule has 2 bridgehead atoms. The van der Waals surface area contributed by atoms with Crippen molar-refractivity contribution in [3.8, 4) is 0 Å². The van der Waals surface area contributed by atoms with Crippen molar-refractivity contribution in [2.75, 3.05) is 0 Å². The van der Waals surface area contributed by atoms with Crippen LogP contribution >= 0.6 is 0 Å². The average Bonchev–Trinajstić information content (AvgIpc) is 2.36. The van der Waals surface area contributed by atoms with E-state index in [9.17, 15) is 9.90 Å². The molecule has 0 aromatic carbocycles. The topological polar surface area (TPSA) is 63.3 Å². The summed E-state index contributed by atoms with van der Waals surface area (Å²) in [4.78, 5) is 11.3. The summed E-state index contributed by atoms with van der Waals surface area (Å²) in [6, 6.07) is 0. The molecule has 0 spiro atoms. The molecule has 0 heterocycles. The third-order valence-corrected chi connectivity index (χ3v) is 5.37. The third-order valence-electron chi connectivity index (χ3n) is 5.37. The first-order valence-corrected chi connectivity index (χ1v) is 5.28. The summed E-state index contributed by atoms with van der Waals surface area (Å²) < 4.78 is 0. The van der Waals surface area contributed by atoms with Gasteiger partial charge < -0.3 is 10.8 Å². The van der Waals surface area contributed by atoms with E-state index < -0.39 is 11.5 Å². The van der Waals surface area contributed by atoms with Crippen molar-refractivity contribution in [1.29, 1.82) is 0 Å². The highest BCUT2D eigenvalue weighted by Crippen LogP contribution is 2.68. The SMILES string of the molecule is CC1(C)[C@@H]2CC[C@]1(C)[C@](N)(C(=O)O)C2. The van der Waals surface area contributed by atoms with Crippen LogP contribution in [0.4, 0.5) is 0 Å². The summed E-state index contributed by atoms with van der Waals surface area (Å²) in [5.74, 6) is -0.344. The molecule has 14 heavy (non-hydrogen) atoms. The minimum absolute atomic E-state index is 0.0696. The quantitative estimate of drug-likeness (QED) is 0.671. The van der Waals surface area contributed by atoms with Crippen LogP contribution < -0.4 is 5.73 Å².